The Morgan fingerprint density at radius 2 is 1.87 bits per heavy atom. The van der Waals surface area contributed by atoms with Gasteiger partial charge in [-0.15, -0.1) is 0 Å². The first-order valence-electron chi connectivity index (χ1n) is 8.70. The van der Waals surface area contributed by atoms with Crippen LogP contribution in [-0.4, -0.2) is 40.5 Å². The number of aryl methyl sites for hydroxylation is 1. The highest BCUT2D eigenvalue weighted by Gasteiger charge is 2.36. The Hall–Kier alpha value is -1.81. The molecule has 0 radical (unpaired) electrons. The first kappa shape index (κ1) is 14.8. The van der Waals surface area contributed by atoms with Crippen molar-refractivity contribution in [3.8, 4) is 0 Å². The number of piperidine rings is 2. The number of carbonyl (C=O) groups is 1. The molecule has 0 spiro atoms. The van der Waals surface area contributed by atoms with Gasteiger partial charge in [0, 0.05) is 47.8 Å². The van der Waals surface area contributed by atoms with Crippen molar-refractivity contribution in [1.82, 2.24) is 14.8 Å². The zero-order valence-corrected chi connectivity index (χ0v) is 14.0. The molecule has 1 aromatic carbocycles. The summed E-state index contributed by atoms with van der Waals surface area (Å²) in [5, 5.41) is 4.35. The molecule has 2 saturated heterocycles. The van der Waals surface area contributed by atoms with Gasteiger partial charge in [-0.2, -0.15) is 0 Å². The minimum atomic E-state index is 0.0782. The molecule has 4 nitrogen and oxygen atoms in total. The molecule has 2 atom stereocenters. The van der Waals surface area contributed by atoms with E-state index in [0.29, 0.717) is 18.1 Å². The summed E-state index contributed by atoms with van der Waals surface area (Å²) in [6.07, 6.45) is 8.07. The summed E-state index contributed by atoms with van der Waals surface area (Å²) in [6, 6.07) is 9.60. The zero-order valence-electron chi connectivity index (χ0n) is 14.0. The maximum atomic E-state index is 12.8. The summed E-state index contributed by atoms with van der Waals surface area (Å²) in [7, 11) is 4.26. The summed E-state index contributed by atoms with van der Waals surface area (Å²) in [6.45, 7) is 0. The predicted octanol–water partition coefficient (Wildman–Crippen LogP) is 2.92. The van der Waals surface area contributed by atoms with Crippen LogP contribution in [0, 0.1) is 0 Å². The number of amides is 1. The molecule has 2 aliphatic rings. The molecule has 1 aromatic heterocycles. The molecule has 3 heterocycles. The number of nitrogens with zero attached hydrogens (tertiary/aromatic N) is 2. The normalized spacial score (nSPS) is 28.0. The van der Waals surface area contributed by atoms with Gasteiger partial charge in [0.1, 0.15) is 0 Å². The van der Waals surface area contributed by atoms with Crippen LogP contribution in [0.5, 0.6) is 0 Å². The van der Waals surface area contributed by atoms with E-state index in [1.165, 1.54) is 19.3 Å². The summed E-state index contributed by atoms with van der Waals surface area (Å²) in [5.74, 6) is 0.0782. The maximum Gasteiger partial charge on any atom is 0.252 e. The molecule has 1 N–H and O–H groups in total. The van der Waals surface area contributed by atoms with Crippen LogP contribution in [0.15, 0.2) is 30.5 Å². The number of benzene rings is 1. The predicted molar refractivity (Wildman–Crippen MR) is 92.6 cm³/mol. The standard InChI is InChI=1S/C19H25N3O/c1-21-10-9-16-17(7-4-8-18(16)21)19(23)20-13-11-14-5-3-6-15(12-13)22(14)2/h4,7-10,13-15H,3,5-6,11-12H2,1-2H3,(H,20,23). The van der Waals surface area contributed by atoms with E-state index in [0.717, 1.165) is 29.3 Å². The zero-order chi connectivity index (χ0) is 16.0. The van der Waals surface area contributed by atoms with Gasteiger partial charge >= 0.3 is 0 Å². The van der Waals surface area contributed by atoms with Gasteiger partial charge in [0.05, 0.1) is 0 Å². The lowest BCUT2D eigenvalue weighted by Gasteiger charge is -2.47. The van der Waals surface area contributed by atoms with Gasteiger partial charge < -0.3 is 14.8 Å². The fourth-order valence-electron chi connectivity index (χ4n) is 4.50. The first-order valence-corrected chi connectivity index (χ1v) is 8.70. The fraction of sp³-hybridized carbons (Fsp3) is 0.526. The van der Waals surface area contributed by atoms with E-state index in [1.807, 2.05) is 31.4 Å². The van der Waals surface area contributed by atoms with Crippen molar-refractivity contribution in [2.75, 3.05) is 7.05 Å². The minimum absolute atomic E-state index is 0.0782. The Balaban J connectivity index is 1.53. The van der Waals surface area contributed by atoms with Crippen LogP contribution in [0.2, 0.25) is 0 Å². The van der Waals surface area contributed by atoms with Crippen molar-refractivity contribution >= 4 is 16.8 Å². The van der Waals surface area contributed by atoms with Crippen LogP contribution in [0.4, 0.5) is 0 Å². The van der Waals surface area contributed by atoms with Crippen molar-refractivity contribution < 1.29 is 4.79 Å². The van der Waals surface area contributed by atoms with Crippen molar-refractivity contribution in [3.05, 3.63) is 36.0 Å². The van der Waals surface area contributed by atoms with Crippen molar-refractivity contribution in [1.29, 1.82) is 0 Å². The molecule has 23 heavy (non-hydrogen) atoms. The van der Waals surface area contributed by atoms with Crippen LogP contribution >= 0.6 is 0 Å². The minimum Gasteiger partial charge on any atom is -0.351 e. The molecular formula is C19H25N3O. The fourth-order valence-corrected chi connectivity index (χ4v) is 4.50. The lowest BCUT2D eigenvalue weighted by molar-refractivity contribution is 0.0463. The maximum absolute atomic E-state index is 12.8. The van der Waals surface area contributed by atoms with Crippen molar-refractivity contribution in [2.45, 2.75) is 50.2 Å². The molecule has 2 fully saturated rings. The van der Waals surface area contributed by atoms with Gasteiger partial charge in [-0.05, 0) is 50.9 Å². The van der Waals surface area contributed by atoms with E-state index in [-0.39, 0.29) is 5.91 Å². The van der Waals surface area contributed by atoms with Crippen molar-refractivity contribution in [3.63, 3.8) is 0 Å². The number of hydrogen-bond acceptors (Lipinski definition) is 2. The Morgan fingerprint density at radius 3 is 2.61 bits per heavy atom. The van der Waals surface area contributed by atoms with Crippen LogP contribution in [-0.2, 0) is 7.05 Å². The van der Waals surface area contributed by atoms with Gasteiger partial charge in [0.25, 0.3) is 5.91 Å². The molecule has 1 amide bonds. The summed E-state index contributed by atoms with van der Waals surface area (Å²) < 4.78 is 2.06. The van der Waals surface area contributed by atoms with Gasteiger partial charge in [0.15, 0.2) is 0 Å². The second-order valence-corrected chi connectivity index (χ2v) is 7.21. The smallest absolute Gasteiger partial charge is 0.252 e. The second-order valence-electron chi connectivity index (χ2n) is 7.21. The Bertz CT molecular complexity index is 721. The number of carbonyl (C=O) groups excluding carboxylic acids is 1. The van der Waals surface area contributed by atoms with Crippen molar-refractivity contribution in [2.24, 2.45) is 7.05 Å². The van der Waals surface area contributed by atoms with Gasteiger partial charge in [-0.25, -0.2) is 0 Å². The third-order valence-electron chi connectivity index (χ3n) is 5.85. The van der Waals surface area contributed by atoms with Gasteiger partial charge in [0.2, 0.25) is 0 Å². The highest BCUT2D eigenvalue weighted by molar-refractivity contribution is 6.06. The monoisotopic (exact) mass is 311 g/mol. The summed E-state index contributed by atoms with van der Waals surface area (Å²) >= 11 is 0. The molecular weight excluding hydrogens is 286 g/mol. The molecule has 122 valence electrons. The first-order chi connectivity index (χ1) is 11.1. The van der Waals surface area contributed by atoms with Crippen LogP contribution in [0.3, 0.4) is 0 Å². The molecule has 2 aliphatic heterocycles. The number of fused-ring (bicyclic) bond motifs is 3. The lowest BCUT2D eigenvalue weighted by Crippen LogP contribution is -2.55. The number of aromatic nitrogens is 1. The molecule has 0 saturated carbocycles. The largest absolute Gasteiger partial charge is 0.351 e. The van der Waals surface area contributed by atoms with Crippen LogP contribution in [0.25, 0.3) is 10.9 Å². The van der Waals surface area contributed by atoms with E-state index >= 15 is 0 Å². The SMILES string of the molecule is CN1C2CCCC1CC(NC(=O)c1cccc3c1ccn3C)C2. The average molecular weight is 311 g/mol. The summed E-state index contributed by atoms with van der Waals surface area (Å²) in [5.41, 5.74) is 1.91. The third-order valence-corrected chi connectivity index (χ3v) is 5.85. The van der Waals surface area contributed by atoms with Gasteiger partial charge in [-0.3, -0.25) is 4.79 Å². The lowest BCUT2D eigenvalue weighted by atomic mass is 9.82. The quantitative estimate of drug-likeness (QED) is 0.926. The Kier molecular flexibility index (Phi) is 3.64. The highest BCUT2D eigenvalue weighted by Crippen LogP contribution is 2.32. The van der Waals surface area contributed by atoms with E-state index in [2.05, 4.69) is 27.9 Å². The molecule has 4 rings (SSSR count). The molecule has 2 aromatic rings. The molecule has 0 aliphatic carbocycles. The van der Waals surface area contributed by atoms with E-state index < -0.39 is 0 Å². The number of hydrogen-bond donors (Lipinski definition) is 1. The average Bonchev–Trinajstić information content (AvgIpc) is 2.90. The van der Waals surface area contributed by atoms with E-state index in [9.17, 15) is 4.79 Å². The Labute approximate surface area is 137 Å². The topological polar surface area (TPSA) is 37.3 Å². The van der Waals surface area contributed by atoms with Gasteiger partial charge in [-0.1, -0.05) is 12.5 Å². The van der Waals surface area contributed by atoms with Crippen LogP contribution < -0.4 is 5.32 Å². The van der Waals surface area contributed by atoms with E-state index in [1.54, 1.807) is 0 Å². The number of rotatable bonds is 2. The summed E-state index contributed by atoms with van der Waals surface area (Å²) in [4.78, 5) is 15.3. The third kappa shape index (κ3) is 2.55. The number of nitrogens with one attached hydrogen (secondary N) is 1. The van der Waals surface area contributed by atoms with E-state index in [4.69, 9.17) is 0 Å². The molecule has 2 unspecified atom stereocenters. The highest BCUT2D eigenvalue weighted by atomic mass is 16.1. The Morgan fingerprint density at radius 1 is 1.13 bits per heavy atom. The second kappa shape index (κ2) is 5.68. The molecule has 2 bridgehead atoms. The molecule has 4 heteroatoms. The van der Waals surface area contributed by atoms with Crippen LogP contribution in [0.1, 0.15) is 42.5 Å².